The monoisotopic (exact) mass is 358 g/mol. The van der Waals surface area contributed by atoms with E-state index >= 15 is 0 Å². The smallest absolute Gasteiger partial charge is 0.412 e. The standard InChI is InChI=1S/2Cu.2H3O4P.2H2O/c;;2*1-5(2,3)4;;/h;;2*(H3,1,2,3,4);2*1H2. The summed E-state index contributed by atoms with van der Waals surface area (Å²) in [6.45, 7) is 0. The SMILES string of the molecule is O.O.O=P(O)(O)O.O=P(O)(O)O.[Cu].[Cu]. The van der Waals surface area contributed by atoms with Gasteiger partial charge in [-0.3, -0.25) is 0 Å². The Labute approximate surface area is 99.4 Å². The Hall–Kier alpha value is 1.18. The molecule has 0 bridgehead atoms. The first-order valence-corrected chi connectivity index (χ1v) is 4.70. The van der Waals surface area contributed by atoms with Gasteiger partial charge in [-0.15, -0.1) is 0 Å². The van der Waals surface area contributed by atoms with Gasteiger partial charge in [-0.25, -0.2) is 9.13 Å². The van der Waals surface area contributed by atoms with Crippen molar-refractivity contribution < 1.29 is 83.6 Å². The second-order valence-corrected chi connectivity index (χ2v) is 3.08. The van der Waals surface area contributed by atoms with E-state index in [0.29, 0.717) is 0 Å². The molecule has 0 fully saturated rings. The number of hydrogen-bond acceptors (Lipinski definition) is 2. The third kappa shape index (κ3) is 1410. The predicted octanol–water partition coefficient (Wildman–Crippen LogP) is -3.51. The van der Waals surface area contributed by atoms with Crippen molar-refractivity contribution in [3.05, 3.63) is 0 Å². The van der Waals surface area contributed by atoms with Gasteiger partial charge < -0.3 is 40.3 Å². The van der Waals surface area contributed by atoms with Crippen molar-refractivity contribution in [3.63, 3.8) is 0 Å². The van der Waals surface area contributed by atoms with E-state index in [-0.39, 0.29) is 45.1 Å². The Kier molecular flexibility index (Phi) is 36.7. The molecule has 0 saturated carbocycles. The van der Waals surface area contributed by atoms with E-state index in [2.05, 4.69) is 0 Å². The van der Waals surface area contributed by atoms with Crippen LogP contribution in [0, 0.1) is 0 Å². The quantitative estimate of drug-likeness (QED) is 0.188. The Balaban J connectivity index is -0.0000000178. The fraction of sp³-hybridized carbons (Fsp3) is 0. The summed E-state index contributed by atoms with van der Waals surface area (Å²) in [7, 11) is -9.28. The second-order valence-electron chi connectivity index (χ2n) is 1.03. The van der Waals surface area contributed by atoms with Crippen LogP contribution >= 0.6 is 15.6 Å². The normalized spacial score (nSPS) is 8.43. The Bertz CT molecular complexity index is 128. The molecule has 0 unspecified atom stereocenters. The summed E-state index contributed by atoms with van der Waals surface area (Å²) < 4.78 is 17.8. The Morgan fingerprint density at radius 3 is 0.571 bits per heavy atom. The van der Waals surface area contributed by atoms with Gasteiger partial charge in [0.1, 0.15) is 0 Å². The van der Waals surface area contributed by atoms with E-state index < -0.39 is 15.6 Å². The fourth-order valence-corrected chi connectivity index (χ4v) is 0. The number of rotatable bonds is 0. The van der Waals surface area contributed by atoms with Gasteiger partial charge in [0.05, 0.1) is 0 Å². The van der Waals surface area contributed by atoms with Crippen LogP contribution in [0.5, 0.6) is 0 Å². The molecule has 2 radical (unpaired) electrons. The fourth-order valence-electron chi connectivity index (χ4n) is 0. The minimum atomic E-state index is -4.64. The predicted molar refractivity (Wildman–Crippen MR) is 35.8 cm³/mol. The second kappa shape index (κ2) is 14.2. The molecule has 0 saturated heterocycles. The maximum absolute atomic E-state index is 8.88. The third-order valence-corrected chi connectivity index (χ3v) is 0. The first kappa shape index (κ1) is 36.2. The van der Waals surface area contributed by atoms with E-state index in [0.717, 1.165) is 0 Å². The van der Waals surface area contributed by atoms with Crippen LogP contribution in [0.3, 0.4) is 0 Å². The van der Waals surface area contributed by atoms with Crippen LogP contribution in [0.4, 0.5) is 0 Å². The van der Waals surface area contributed by atoms with E-state index in [4.69, 9.17) is 38.5 Å². The van der Waals surface area contributed by atoms with Gasteiger partial charge in [-0.1, -0.05) is 0 Å². The molecule has 0 atom stereocenters. The van der Waals surface area contributed by atoms with Gasteiger partial charge in [0.15, 0.2) is 0 Å². The van der Waals surface area contributed by atoms with E-state index in [1.807, 2.05) is 0 Å². The van der Waals surface area contributed by atoms with Crippen LogP contribution in [-0.2, 0) is 43.3 Å². The molecule has 10 N–H and O–H groups in total. The maximum Gasteiger partial charge on any atom is 0.466 e. The summed E-state index contributed by atoms with van der Waals surface area (Å²) >= 11 is 0. The molecule has 0 aliphatic rings. The molecule has 0 heterocycles. The average molecular weight is 359 g/mol. The molecule has 14 heteroatoms. The van der Waals surface area contributed by atoms with Crippen molar-refractivity contribution in [1.29, 1.82) is 0 Å². The van der Waals surface area contributed by atoms with Gasteiger partial charge >= 0.3 is 15.6 Å². The first-order chi connectivity index (χ1) is 4.00. The van der Waals surface area contributed by atoms with Crippen LogP contribution in [0.25, 0.3) is 0 Å². The van der Waals surface area contributed by atoms with Crippen molar-refractivity contribution in [1.82, 2.24) is 0 Å². The number of phosphoric acid groups is 2. The Morgan fingerprint density at radius 2 is 0.571 bits per heavy atom. The van der Waals surface area contributed by atoms with Crippen molar-refractivity contribution in [3.8, 4) is 0 Å². The molecule has 0 rings (SSSR count). The summed E-state index contributed by atoms with van der Waals surface area (Å²) in [5.74, 6) is 0. The topological polar surface area (TPSA) is 219 Å². The van der Waals surface area contributed by atoms with Crippen LogP contribution in [0.1, 0.15) is 0 Å². The molecule has 10 nitrogen and oxygen atoms in total. The average Bonchev–Trinajstić information content (AvgIpc) is 1.12. The summed E-state index contributed by atoms with van der Waals surface area (Å²) in [6.07, 6.45) is 0. The third-order valence-electron chi connectivity index (χ3n) is 0. The molecule has 0 aromatic rings. The van der Waals surface area contributed by atoms with Crippen molar-refractivity contribution in [2.75, 3.05) is 0 Å². The largest absolute Gasteiger partial charge is 0.466 e. The van der Waals surface area contributed by atoms with E-state index in [9.17, 15) is 0 Å². The van der Waals surface area contributed by atoms with Gasteiger partial charge in [0, 0.05) is 34.1 Å². The maximum atomic E-state index is 8.88. The van der Waals surface area contributed by atoms with Gasteiger partial charge in [0.25, 0.3) is 0 Å². The van der Waals surface area contributed by atoms with Crippen molar-refractivity contribution >= 4 is 15.6 Å². The summed E-state index contributed by atoms with van der Waals surface area (Å²) in [4.78, 5) is 43.1. The van der Waals surface area contributed by atoms with Crippen LogP contribution < -0.4 is 0 Å². The van der Waals surface area contributed by atoms with Crippen LogP contribution in [0.2, 0.25) is 0 Å². The number of hydrogen-bond donors (Lipinski definition) is 6. The van der Waals surface area contributed by atoms with E-state index in [1.165, 1.54) is 0 Å². The summed E-state index contributed by atoms with van der Waals surface area (Å²) in [5, 5.41) is 0. The minimum absolute atomic E-state index is 0. The first-order valence-electron chi connectivity index (χ1n) is 1.57. The van der Waals surface area contributed by atoms with Crippen molar-refractivity contribution in [2.45, 2.75) is 0 Å². The summed E-state index contributed by atoms with van der Waals surface area (Å²) in [5.41, 5.74) is 0. The molecule has 102 valence electrons. The molecule has 0 spiro atoms. The van der Waals surface area contributed by atoms with E-state index in [1.54, 1.807) is 0 Å². The zero-order valence-corrected chi connectivity index (χ0v) is 9.67. The summed E-state index contributed by atoms with van der Waals surface area (Å²) in [6, 6.07) is 0. The van der Waals surface area contributed by atoms with Gasteiger partial charge in [0.2, 0.25) is 0 Å². The molecule has 0 amide bonds. The Morgan fingerprint density at radius 1 is 0.571 bits per heavy atom. The molecule has 14 heavy (non-hydrogen) atoms. The molecule has 0 aliphatic carbocycles. The molecular weight excluding hydrogens is 349 g/mol. The minimum Gasteiger partial charge on any atom is -0.412 e. The van der Waals surface area contributed by atoms with Crippen molar-refractivity contribution in [2.24, 2.45) is 0 Å². The zero-order chi connectivity index (χ0) is 9.00. The molecular formula is H10Cu2O10P2. The van der Waals surface area contributed by atoms with Crippen LogP contribution in [0.15, 0.2) is 0 Å². The molecule has 0 aromatic carbocycles. The zero-order valence-electron chi connectivity index (χ0n) is 6.00. The van der Waals surface area contributed by atoms with Gasteiger partial charge in [-0.05, 0) is 0 Å². The molecule has 0 aliphatic heterocycles. The van der Waals surface area contributed by atoms with Crippen LogP contribution in [-0.4, -0.2) is 40.3 Å². The van der Waals surface area contributed by atoms with Gasteiger partial charge in [-0.2, -0.15) is 0 Å². The molecule has 0 aromatic heterocycles.